The van der Waals surface area contributed by atoms with Gasteiger partial charge in [0, 0.05) is 31.6 Å². The molecular formula is C25H30N4O3. The minimum Gasteiger partial charge on any atom is -0.497 e. The van der Waals surface area contributed by atoms with Crippen molar-refractivity contribution >= 4 is 11.7 Å². The number of rotatable bonds is 8. The Morgan fingerprint density at radius 3 is 2.72 bits per heavy atom. The smallest absolute Gasteiger partial charge is 0.220 e. The molecule has 1 unspecified atom stereocenters. The molecule has 0 bridgehead atoms. The fraction of sp³-hybridized carbons (Fsp3) is 0.360. The highest BCUT2D eigenvalue weighted by molar-refractivity contribution is 5.76. The summed E-state index contributed by atoms with van der Waals surface area (Å²) in [7, 11) is 3.31. The largest absolute Gasteiger partial charge is 0.497 e. The number of anilines is 1. The van der Waals surface area contributed by atoms with Crippen LogP contribution in [-0.2, 0) is 11.2 Å². The molecule has 1 saturated heterocycles. The second kappa shape index (κ2) is 10.2. The van der Waals surface area contributed by atoms with Crippen molar-refractivity contribution in [1.82, 2.24) is 15.5 Å². The van der Waals surface area contributed by atoms with Gasteiger partial charge in [0.05, 0.1) is 19.9 Å². The van der Waals surface area contributed by atoms with Crippen LogP contribution in [0.25, 0.3) is 11.3 Å². The normalized spacial score (nSPS) is 15.9. The van der Waals surface area contributed by atoms with Crippen LogP contribution in [0.2, 0.25) is 0 Å². The average molecular weight is 435 g/mol. The number of benzene rings is 2. The van der Waals surface area contributed by atoms with Crippen LogP contribution in [0.4, 0.5) is 5.82 Å². The highest BCUT2D eigenvalue weighted by Crippen LogP contribution is 2.25. The highest BCUT2D eigenvalue weighted by atomic mass is 16.5. The summed E-state index contributed by atoms with van der Waals surface area (Å²) in [6.45, 7) is 1.70. The number of amides is 1. The van der Waals surface area contributed by atoms with E-state index in [1.807, 2.05) is 48.5 Å². The van der Waals surface area contributed by atoms with Gasteiger partial charge < -0.3 is 19.7 Å². The van der Waals surface area contributed by atoms with Crippen LogP contribution >= 0.6 is 0 Å². The highest BCUT2D eigenvalue weighted by Gasteiger charge is 2.23. The van der Waals surface area contributed by atoms with Crippen molar-refractivity contribution in [2.24, 2.45) is 0 Å². The van der Waals surface area contributed by atoms with Gasteiger partial charge in [-0.3, -0.25) is 9.89 Å². The summed E-state index contributed by atoms with van der Waals surface area (Å²) in [4.78, 5) is 14.8. The van der Waals surface area contributed by atoms with Gasteiger partial charge in [-0.2, -0.15) is 5.10 Å². The van der Waals surface area contributed by atoms with E-state index in [0.717, 1.165) is 60.1 Å². The zero-order chi connectivity index (χ0) is 22.3. The molecule has 1 aromatic heterocycles. The lowest BCUT2D eigenvalue weighted by Crippen LogP contribution is -2.48. The number of H-pyrrole nitrogens is 1. The molecule has 1 aliphatic rings. The Labute approximate surface area is 188 Å². The molecule has 0 radical (unpaired) electrons. The summed E-state index contributed by atoms with van der Waals surface area (Å²) >= 11 is 0. The quantitative estimate of drug-likeness (QED) is 0.564. The molecule has 7 heteroatoms. The Hall–Kier alpha value is -3.48. The van der Waals surface area contributed by atoms with Crippen LogP contribution in [0, 0.1) is 0 Å². The van der Waals surface area contributed by atoms with Gasteiger partial charge in [0.15, 0.2) is 5.82 Å². The second-order valence-electron chi connectivity index (χ2n) is 8.07. The number of aryl methyl sites for hydroxylation is 1. The molecule has 2 aromatic carbocycles. The molecular weight excluding hydrogens is 404 g/mol. The first-order chi connectivity index (χ1) is 15.6. The lowest BCUT2D eigenvalue weighted by Gasteiger charge is -2.33. The molecule has 4 rings (SSSR count). The number of methoxy groups -OCH3 is 2. The summed E-state index contributed by atoms with van der Waals surface area (Å²) in [5.74, 6) is 2.64. The third-order valence-corrected chi connectivity index (χ3v) is 5.85. The Balaban J connectivity index is 1.31. The molecule has 3 aromatic rings. The van der Waals surface area contributed by atoms with Crippen molar-refractivity contribution in [1.29, 1.82) is 0 Å². The SMILES string of the molecule is COc1ccc(-c2cc(N3CCCC(NC(=O)CCc4cccc(OC)c4)C3)n[nH]2)cc1. The van der Waals surface area contributed by atoms with Crippen molar-refractivity contribution in [3.05, 3.63) is 60.2 Å². The van der Waals surface area contributed by atoms with Gasteiger partial charge in [0.2, 0.25) is 5.91 Å². The van der Waals surface area contributed by atoms with E-state index in [9.17, 15) is 4.79 Å². The summed E-state index contributed by atoms with van der Waals surface area (Å²) < 4.78 is 10.5. The van der Waals surface area contributed by atoms with E-state index in [-0.39, 0.29) is 11.9 Å². The number of aromatic amines is 1. The molecule has 0 saturated carbocycles. The van der Waals surface area contributed by atoms with Crippen LogP contribution < -0.4 is 19.7 Å². The number of ether oxygens (including phenoxy) is 2. The molecule has 168 valence electrons. The summed E-state index contributed by atoms with van der Waals surface area (Å²) in [5.41, 5.74) is 3.13. The van der Waals surface area contributed by atoms with E-state index in [4.69, 9.17) is 9.47 Å². The van der Waals surface area contributed by atoms with Crippen LogP contribution in [-0.4, -0.2) is 49.5 Å². The molecule has 1 fully saturated rings. The van der Waals surface area contributed by atoms with E-state index in [0.29, 0.717) is 12.8 Å². The first-order valence-corrected chi connectivity index (χ1v) is 11.0. The summed E-state index contributed by atoms with van der Waals surface area (Å²) in [6, 6.07) is 18.0. The van der Waals surface area contributed by atoms with Gasteiger partial charge in [0.25, 0.3) is 0 Å². The number of carbonyl (C=O) groups excluding carboxylic acids is 1. The first kappa shape index (κ1) is 21.7. The third-order valence-electron chi connectivity index (χ3n) is 5.85. The van der Waals surface area contributed by atoms with Crippen LogP contribution in [0.3, 0.4) is 0 Å². The standard InChI is InChI=1S/C25H30N4O3/c1-31-21-11-9-19(10-12-21)23-16-24(28-27-23)29-14-4-6-20(17-29)26-25(30)13-8-18-5-3-7-22(15-18)32-2/h3,5,7,9-12,15-16,20H,4,6,8,13-14,17H2,1-2H3,(H,26,30)(H,27,28). The maximum Gasteiger partial charge on any atom is 0.220 e. The number of aromatic nitrogens is 2. The number of piperidine rings is 1. The zero-order valence-corrected chi connectivity index (χ0v) is 18.6. The van der Waals surface area contributed by atoms with Crippen molar-refractivity contribution in [2.75, 3.05) is 32.2 Å². The maximum atomic E-state index is 12.5. The van der Waals surface area contributed by atoms with Gasteiger partial charge in [-0.15, -0.1) is 0 Å². The molecule has 1 atom stereocenters. The lowest BCUT2D eigenvalue weighted by molar-refractivity contribution is -0.121. The fourth-order valence-electron chi connectivity index (χ4n) is 4.08. The van der Waals surface area contributed by atoms with Gasteiger partial charge in [-0.25, -0.2) is 0 Å². The Kier molecular flexibility index (Phi) is 6.94. The number of hydrogen-bond acceptors (Lipinski definition) is 5. The number of carbonyl (C=O) groups is 1. The molecule has 1 aliphatic heterocycles. The van der Waals surface area contributed by atoms with E-state index in [1.165, 1.54) is 0 Å². The monoisotopic (exact) mass is 434 g/mol. The topological polar surface area (TPSA) is 79.5 Å². The van der Waals surface area contributed by atoms with Crippen molar-refractivity contribution in [3.8, 4) is 22.8 Å². The first-order valence-electron chi connectivity index (χ1n) is 11.0. The van der Waals surface area contributed by atoms with Gasteiger partial charge in [0.1, 0.15) is 11.5 Å². The van der Waals surface area contributed by atoms with E-state index >= 15 is 0 Å². The Bertz CT molecular complexity index is 1030. The lowest BCUT2D eigenvalue weighted by atomic mass is 10.0. The minimum absolute atomic E-state index is 0.0839. The number of hydrogen-bond donors (Lipinski definition) is 2. The second-order valence-corrected chi connectivity index (χ2v) is 8.07. The predicted octanol–water partition coefficient (Wildman–Crippen LogP) is 3.81. The fourth-order valence-corrected chi connectivity index (χ4v) is 4.08. The minimum atomic E-state index is 0.0839. The van der Waals surface area contributed by atoms with Crippen molar-refractivity contribution in [3.63, 3.8) is 0 Å². The molecule has 1 amide bonds. The molecule has 0 spiro atoms. The average Bonchev–Trinajstić information content (AvgIpc) is 3.33. The summed E-state index contributed by atoms with van der Waals surface area (Å²) in [6.07, 6.45) is 3.17. The summed E-state index contributed by atoms with van der Waals surface area (Å²) in [5, 5.41) is 10.8. The number of nitrogens with one attached hydrogen (secondary N) is 2. The Morgan fingerprint density at radius 2 is 1.94 bits per heavy atom. The Morgan fingerprint density at radius 1 is 1.12 bits per heavy atom. The molecule has 0 aliphatic carbocycles. The predicted molar refractivity (Wildman–Crippen MR) is 125 cm³/mol. The zero-order valence-electron chi connectivity index (χ0n) is 18.6. The van der Waals surface area contributed by atoms with Gasteiger partial charge in [-0.1, -0.05) is 12.1 Å². The molecule has 2 N–H and O–H groups in total. The molecule has 7 nitrogen and oxygen atoms in total. The number of nitrogens with zero attached hydrogens (tertiary/aromatic N) is 2. The maximum absolute atomic E-state index is 12.5. The van der Waals surface area contributed by atoms with Crippen molar-refractivity contribution < 1.29 is 14.3 Å². The van der Waals surface area contributed by atoms with Gasteiger partial charge >= 0.3 is 0 Å². The van der Waals surface area contributed by atoms with Crippen molar-refractivity contribution in [2.45, 2.75) is 31.7 Å². The third kappa shape index (κ3) is 5.41. The van der Waals surface area contributed by atoms with E-state index in [1.54, 1.807) is 14.2 Å². The van der Waals surface area contributed by atoms with Crippen LogP contribution in [0.5, 0.6) is 11.5 Å². The molecule has 32 heavy (non-hydrogen) atoms. The molecule has 2 heterocycles. The van der Waals surface area contributed by atoms with Crippen LogP contribution in [0.1, 0.15) is 24.8 Å². The van der Waals surface area contributed by atoms with E-state index < -0.39 is 0 Å². The van der Waals surface area contributed by atoms with Gasteiger partial charge in [-0.05, 0) is 66.8 Å². The van der Waals surface area contributed by atoms with E-state index in [2.05, 4.69) is 26.5 Å². The van der Waals surface area contributed by atoms with Crippen LogP contribution in [0.15, 0.2) is 54.6 Å².